The summed E-state index contributed by atoms with van der Waals surface area (Å²) in [5.74, 6) is 0. The van der Waals surface area contributed by atoms with Crippen LogP contribution in [0.2, 0.25) is 0 Å². The summed E-state index contributed by atoms with van der Waals surface area (Å²) in [6.45, 7) is 2.03. The van der Waals surface area contributed by atoms with Crippen molar-refractivity contribution in [2.24, 2.45) is 0 Å². The lowest BCUT2D eigenvalue weighted by Gasteiger charge is -2.22. The lowest BCUT2D eigenvalue weighted by atomic mass is 10.1. The molecule has 0 radical (unpaired) electrons. The van der Waals surface area contributed by atoms with Crippen molar-refractivity contribution in [3.8, 4) is 6.07 Å². The number of benzene rings is 1. The zero-order valence-electron chi connectivity index (χ0n) is 9.07. The highest BCUT2D eigenvalue weighted by Gasteiger charge is 2.13. The largest absolute Gasteiger partial charge is 0.317 e. The van der Waals surface area contributed by atoms with Crippen LogP contribution in [0.4, 0.5) is 5.69 Å². The van der Waals surface area contributed by atoms with Gasteiger partial charge in [-0.25, -0.2) is 0 Å². The van der Waals surface area contributed by atoms with Gasteiger partial charge >= 0.3 is 0 Å². The summed E-state index contributed by atoms with van der Waals surface area (Å²) in [5, 5.41) is 11.9. The zero-order valence-corrected chi connectivity index (χ0v) is 9.07. The van der Waals surface area contributed by atoms with E-state index in [4.69, 9.17) is 10.1 Å². The number of nitrogens with one attached hydrogen (secondary N) is 2. The van der Waals surface area contributed by atoms with Gasteiger partial charge in [0, 0.05) is 0 Å². The first-order valence-corrected chi connectivity index (χ1v) is 5.51. The standard InChI is InChI=1S/C12H15N3O/c13-9-10-1-3-11(4-2-10)15-16-12-5-7-14-8-6-12/h1-4,12,14-15H,5-8H2. The Bertz CT molecular complexity index is 363. The van der Waals surface area contributed by atoms with E-state index in [0.717, 1.165) is 31.6 Å². The molecule has 0 atom stereocenters. The molecule has 2 N–H and O–H groups in total. The van der Waals surface area contributed by atoms with Crippen molar-refractivity contribution in [2.45, 2.75) is 18.9 Å². The van der Waals surface area contributed by atoms with Crippen LogP contribution in [0.5, 0.6) is 0 Å². The number of anilines is 1. The SMILES string of the molecule is N#Cc1ccc(NOC2CCNCC2)cc1. The molecular weight excluding hydrogens is 202 g/mol. The summed E-state index contributed by atoms with van der Waals surface area (Å²) < 4.78 is 0. The third kappa shape index (κ3) is 2.96. The van der Waals surface area contributed by atoms with E-state index in [1.54, 1.807) is 12.1 Å². The van der Waals surface area contributed by atoms with Crippen LogP contribution in [-0.2, 0) is 4.84 Å². The highest BCUT2D eigenvalue weighted by molar-refractivity contribution is 5.45. The first-order valence-electron chi connectivity index (χ1n) is 5.51. The number of hydrogen-bond donors (Lipinski definition) is 2. The van der Waals surface area contributed by atoms with Crippen LogP contribution in [0.15, 0.2) is 24.3 Å². The molecule has 4 heteroatoms. The fraction of sp³-hybridized carbons (Fsp3) is 0.417. The summed E-state index contributed by atoms with van der Waals surface area (Å²) in [7, 11) is 0. The van der Waals surface area contributed by atoms with Crippen LogP contribution in [0.1, 0.15) is 18.4 Å². The van der Waals surface area contributed by atoms with E-state index >= 15 is 0 Å². The van der Waals surface area contributed by atoms with Gasteiger partial charge in [0.2, 0.25) is 0 Å². The smallest absolute Gasteiger partial charge is 0.0991 e. The zero-order chi connectivity index (χ0) is 11.2. The average molecular weight is 217 g/mol. The monoisotopic (exact) mass is 217 g/mol. The first kappa shape index (κ1) is 10.9. The third-order valence-electron chi connectivity index (χ3n) is 2.64. The van der Waals surface area contributed by atoms with E-state index in [2.05, 4.69) is 16.9 Å². The summed E-state index contributed by atoms with van der Waals surface area (Å²) in [4.78, 5) is 5.57. The minimum absolute atomic E-state index is 0.275. The van der Waals surface area contributed by atoms with Crippen molar-refractivity contribution in [2.75, 3.05) is 18.6 Å². The number of hydrogen-bond acceptors (Lipinski definition) is 4. The molecule has 2 rings (SSSR count). The quantitative estimate of drug-likeness (QED) is 0.756. The summed E-state index contributed by atoms with van der Waals surface area (Å²) in [6.07, 6.45) is 2.34. The lowest BCUT2D eigenvalue weighted by Crippen LogP contribution is -2.33. The van der Waals surface area contributed by atoms with Gasteiger partial charge in [-0.15, -0.1) is 0 Å². The highest BCUT2D eigenvalue weighted by atomic mass is 16.7. The van der Waals surface area contributed by atoms with Crippen LogP contribution in [-0.4, -0.2) is 19.2 Å². The molecule has 1 fully saturated rings. The third-order valence-corrected chi connectivity index (χ3v) is 2.64. The van der Waals surface area contributed by atoms with Crippen molar-refractivity contribution < 1.29 is 4.84 Å². The molecule has 16 heavy (non-hydrogen) atoms. The van der Waals surface area contributed by atoms with Crippen LogP contribution in [0.25, 0.3) is 0 Å². The molecule has 0 aliphatic carbocycles. The van der Waals surface area contributed by atoms with Crippen molar-refractivity contribution in [1.29, 1.82) is 5.26 Å². The van der Waals surface area contributed by atoms with E-state index in [9.17, 15) is 0 Å². The van der Waals surface area contributed by atoms with Crippen LogP contribution in [0, 0.1) is 11.3 Å². The van der Waals surface area contributed by atoms with Crippen LogP contribution < -0.4 is 10.8 Å². The van der Waals surface area contributed by atoms with Gasteiger partial charge in [-0.3, -0.25) is 10.3 Å². The predicted molar refractivity (Wildman–Crippen MR) is 61.8 cm³/mol. The van der Waals surface area contributed by atoms with Gasteiger partial charge in [0.05, 0.1) is 23.4 Å². The molecule has 1 heterocycles. The lowest BCUT2D eigenvalue weighted by molar-refractivity contribution is 0.0740. The Kier molecular flexibility index (Phi) is 3.76. The molecule has 0 unspecified atom stereocenters. The molecule has 0 amide bonds. The van der Waals surface area contributed by atoms with Crippen LogP contribution >= 0.6 is 0 Å². The molecule has 1 aliphatic heterocycles. The maximum atomic E-state index is 8.65. The van der Waals surface area contributed by atoms with Gasteiger partial charge < -0.3 is 5.32 Å². The van der Waals surface area contributed by atoms with Gasteiger partial charge in [-0.2, -0.15) is 5.26 Å². The van der Waals surface area contributed by atoms with Crippen molar-refractivity contribution in [1.82, 2.24) is 5.32 Å². The molecule has 1 aromatic rings. The molecule has 84 valence electrons. The van der Waals surface area contributed by atoms with E-state index in [-0.39, 0.29) is 6.10 Å². The highest BCUT2D eigenvalue weighted by Crippen LogP contribution is 2.12. The molecule has 1 aliphatic rings. The second kappa shape index (κ2) is 5.50. The van der Waals surface area contributed by atoms with E-state index < -0.39 is 0 Å². The van der Waals surface area contributed by atoms with Gasteiger partial charge in [-0.1, -0.05) is 0 Å². The normalized spacial score (nSPS) is 16.7. The molecule has 1 saturated heterocycles. The molecule has 0 spiro atoms. The Balaban J connectivity index is 1.82. The molecule has 1 aromatic carbocycles. The number of rotatable bonds is 3. The Morgan fingerprint density at radius 3 is 2.56 bits per heavy atom. The number of piperidine rings is 1. The van der Waals surface area contributed by atoms with E-state index in [0.29, 0.717) is 5.56 Å². The number of nitriles is 1. The second-order valence-corrected chi connectivity index (χ2v) is 3.86. The average Bonchev–Trinajstić information content (AvgIpc) is 2.38. The Morgan fingerprint density at radius 1 is 1.25 bits per heavy atom. The Labute approximate surface area is 95.2 Å². The van der Waals surface area contributed by atoms with Gasteiger partial charge in [0.25, 0.3) is 0 Å². The van der Waals surface area contributed by atoms with Crippen molar-refractivity contribution >= 4 is 5.69 Å². The summed E-state index contributed by atoms with van der Waals surface area (Å²) in [6, 6.07) is 9.32. The van der Waals surface area contributed by atoms with E-state index in [1.807, 2.05) is 12.1 Å². The van der Waals surface area contributed by atoms with Gasteiger partial charge in [0.1, 0.15) is 0 Å². The maximum absolute atomic E-state index is 8.65. The molecular formula is C12H15N3O. The first-order chi connectivity index (χ1) is 7.88. The number of nitrogens with zero attached hydrogens (tertiary/aromatic N) is 1. The van der Waals surface area contributed by atoms with E-state index in [1.165, 1.54) is 0 Å². The summed E-state index contributed by atoms with van der Waals surface area (Å²) >= 11 is 0. The van der Waals surface area contributed by atoms with Gasteiger partial charge in [0.15, 0.2) is 0 Å². The van der Waals surface area contributed by atoms with Gasteiger partial charge in [-0.05, 0) is 50.2 Å². The molecule has 0 bridgehead atoms. The minimum Gasteiger partial charge on any atom is -0.317 e. The molecule has 0 saturated carbocycles. The molecule has 0 aromatic heterocycles. The molecule has 4 nitrogen and oxygen atoms in total. The minimum atomic E-state index is 0.275. The maximum Gasteiger partial charge on any atom is 0.0991 e. The Hall–Kier alpha value is -1.57. The van der Waals surface area contributed by atoms with Crippen molar-refractivity contribution in [3.05, 3.63) is 29.8 Å². The fourth-order valence-electron chi connectivity index (χ4n) is 1.68. The fourth-order valence-corrected chi connectivity index (χ4v) is 1.68. The summed E-state index contributed by atoms with van der Waals surface area (Å²) in [5.41, 5.74) is 4.47. The van der Waals surface area contributed by atoms with Crippen LogP contribution in [0.3, 0.4) is 0 Å². The predicted octanol–water partition coefficient (Wildman–Crippen LogP) is 1.65. The Morgan fingerprint density at radius 2 is 1.94 bits per heavy atom. The second-order valence-electron chi connectivity index (χ2n) is 3.86. The van der Waals surface area contributed by atoms with Crippen molar-refractivity contribution in [3.63, 3.8) is 0 Å². The topological polar surface area (TPSA) is 57.1 Å².